The Hall–Kier alpha value is -0.970. The summed E-state index contributed by atoms with van der Waals surface area (Å²) in [4.78, 5) is 4.47. The third-order valence-electron chi connectivity index (χ3n) is 3.28. The lowest BCUT2D eigenvalue weighted by molar-refractivity contribution is 0.0956. The van der Waals surface area contributed by atoms with Crippen LogP contribution in [0.25, 0.3) is 0 Å². The zero-order chi connectivity index (χ0) is 13.9. The van der Waals surface area contributed by atoms with E-state index < -0.39 is 5.54 Å². The molecule has 18 heavy (non-hydrogen) atoms. The van der Waals surface area contributed by atoms with Crippen LogP contribution in [0.1, 0.15) is 42.4 Å². The van der Waals surface area contributed by atoms with Crippen LogP contribution in [0, 0.1) is 20.8 Å². The quantitative estimate of drug-likeness (QED) is 0.741. The van der Waals surface area contributed by atoms with Crippen molar-refractivity contribution >= 4 is 0 Å². The average molecular weight is 252 g/mol. The van der Waals surface area contributed by atoms with Crippen molar-refractivity contribution in [3.05, 3.63) is 28.6 Å². The van der Waals surface area contributed by atoms with E-state index in [1.165, 1.54) is 5.56 Å². The van der Waals surface area contributed by atoms with Gasteiger partial charge < -0.3 is 15.5 Å². The number of pyridine rings is 1. The van der Waals surface area contributed by atoms with Crippen molar-refractivity contribution in [2.75, 3.05) is 13.2 Å². The highest BCUT2D eigenvalue weighted by Gasteiger charge is 2.26. The van der Waals surface area contributed by atoms with Gasteiger partial charge in [-0.1, -0.05) is 0 Å². The Labute approximate surface area is 109 Å². The van der Waals surface area contributed by atoms with Gasteiger partial charge in [-0.2, -0.15) is 0 Å². The molecule has 0 saturated heterocycles. The average Bonchev–Trinajstić information content (AvgIpc) is 2.27. The summed E-state index contributed by atoms with van der Waals surface area (Å²) in [6.45, 7) is 9.64. The molecule has 3 N–H and O–H groups in total. The monoisotopic (exact) mass is 252 g/mol. The molecule has 1 aromatic rings. The zero-order valence-corrected chi connectivity index (χ0v) is 11.9. The predicted molar refractivity (Wildman–Crippen MR) is 72.6 cm³/mol. The Morgan fingerprint density at radius 1 is 1.28 bits per heavy atom. The van der Waals surface area contributed by atoms with Crippen LogP contribution in [-0.4, -0.2) is 33.9 Å². The van der Waals surface area contributed by atoms with Crippen molar-refractivity contribution < 1.29 is 10.2 Å². The van der Waals surface area contributed by atoms with Crippen molar-refractivity contribution in [1.82, 2.24) is 10.3 Å². The summed E-state index contributed by atoms with van der Waals surface area (Å²) in [7, 11) is 0. The van der Waals surface area contributed by atoms with E-state index in [2.05, 4.69) is 23.3 Å². The molecule has 0 aromatic carbocycles. The highest BCUT2D eigenvalue weighted by Crippen LogP contribution is 2.23. The largest absolute Gasteiger partial charge is 0.394 e. The zero-order valence-electron chi connectivity index (χ0n) is 11.9. The van der Waals surface area contributed by atoms with Crippen molar-refractivity contribution in [3.63, 3.8) is 0 Å². The summed E-state index contributed by atoms with van der Waals surface area (Å²) in [6.07, 6.45) is 0. The van der Waals surface area contributed by atoms with E-state index in [4.69, 9.17) is 0 Å². The van der Waals surface area contributed by atoms with Gasteiger partial charge >= 0.3 is 0 Å². The first-order valence-corrected chi connectivity index (χ1v) is 6.27. The van der Waals surface area contributed by atoms with E-state index >= 15 is 0 Å². The van der Waals surface area contributed by atoms with Gasteiger partial charge in [-0.25, -0.2) is 0 Å². The van der Waals surface area contributed by atoms with E-state index in [0.717, 1.165) is 17.0 Å². The number of nitrogens with zero attached hydrogens (tertiary/aromatic N) is 1. The number of aliphatic hydroxyl groups excluding tert-OH is 2. The second-order valence-electron chi connectivity index (χ2n) is 5.32. The summed E-state index contributed by atoms with van der Waals surface area (Å²) in [5, 5.41) is 21.9. The summed E-state index contributed by atoms with van der Waals surface area (Å²) >= 11 is 0. The SMILES string of the molecule is Cc1cc(C)c(C(C)NC(C)(CO)CO)c(C)n1. The third-order valence-corrected chi connectivity index (χ3v) is 3.28. The number of rotatable bonds is 5. The summed E-state index contributed by atoms with van der Waals surface area (Å²) < 4.78 is 0. The van der Waals surface area contributed by atoms with Gasteiger partial charge in [-0.3, -0.25) is 4.98 Å². The third kappa shape index (κ3) is 3.28. The predicted octanol–water partition coefficient (Wildman–Crippen LogP) is 1.40. The molecule has 1 unspecified atom stereocenters. The Kier molecular flexibility index (Phi) is 4.85. The molecule has 0 amide bonds. The second-order valence-corrected chi connectivity index (χ2v) is 5.32. The molecule has 1 heterocycles. The fourth-order valence-electron chi connectivity index (χ4n) is 2.42. The van der Waals surface area contributed by atoms with E-state index in [1.807, 2.05) is 20.8 Å². The van der Waals surface area contributed by atoms with Crippen LogP contribution < -0.4 is 5.32 Å². The molecule has 0 saturated carbocycles. The number of hydrogen-bond donors (Lipinski definition) is 3. The van der Waals surface area contributed by atoms with Gasteiger partial charge in [0.1, 0.15) is 0 Å². The normalized spacial score (nSPS) is 13.7. The fourth-order valence-corrected chi connectivity index (χ4v) is 2.42. The van der Waals surface area contributed by atoms with Gasteiger partial charge in [-0.05, 0) is 51.8 Å². The maximum absolute atomic E-state index is 9.33. The minimum Gasteiger partial charge on any atom is -0.394 e. The van der Waals surface area contributed by atoms with Crippen molar-refractivity contribution in [3.8, 4) is 0 Å². The van der Waals surface area contributed by atoms with Crippen LogP contribution in [0.4, 0.5) is 0 Å². The van der Waals surface area contributed by atoms with E-state index in [0.29, 0.717) is 0 Å². The van der Waals surface area contributed by atoms with Crippen LogP contribution in [0.5, 0.6) is 0 Å². The molecule has 0 aliphatic rings. The maximum atomic E-state index is 9.33. The van der Waals surface area contributed by atoms with Crippen LogP contribution in [0.3, 0.4) is 0 Å². The molecule has 0 aliphatic carbocycles. The lowest BCUT2D eigenvalue weighted by Gasteiger charge is -2.31. The van der Waals surface area contributed by atoms with Crippen molar-refractivity contribution in [2.45, 2.75) is 46.2 Å². The molecule has 0 aliphatic heterocycles. The van der Waals surface area contributed by atoms with Gasteiger partial charge in [0.2, 0.25) is 0 Å². The van der Waals surface area contributed by atoms with Crippen LogP contribution in [0.15, 0.2) is 6.07 Å². The summed E-state index contributed by atoms with van der Waals surface area (Å²) in [6, 6.07) is 2.08. The molecule has 1 atom stereocenters. The molecular weight excluding hydrogens is 228 g/mol. The van der Waals surface area contributed by atoms with Gasteiger partial charge in [0.15, 0.2) is 0 Å². The molecule has 0 radical (unpaired) electrons. The van der Waals surface area contributed by atoms with Crippen LogP contribution >= 0.6 is 0 Å². The summed E-state index contributed by atoms with van der Waals surface area (Å²) in [5.41, 5.74) is 3.63. The first-order valence-electron chi connectivity index (χ1n) is 6.27. The number of nitrogens with one attached hydrogen (secondary N) is 1. The molecular formula is C14H24N2O2. The first kappa shape index (κ1) is 15.1. The molecule has 4 heteroatoms. The number of aromatic nitrogens is 1. The van der Waals surface area contributed by atoms with Crippen LogP contribution in [0.2, 0.25) is 0 Å². The second kappa shape index (κ2) is 5.78. The van der Waals surface area contributed by atoms with Crippen LogP contribution in [-0.2, 0) is 0 Å². The lowest BCUT2D eigenvalue weighted by atomic mass is 9.96. The van der Waals surface area contributed by atoms with Gasteiger partial charge in [-0.15, -0.1) is 0 Å². The molecule has 0 fully saturated rings. The highest BCUT2D eigenvalue weighted by atomic mass is 16.3. The fraction of sp³-hybridized carbons (Fsp3) is 0.643. The minimum absolute atomic E-state index is 0.0300. The maximum Gasteiger partial charge on any atom is 0.0633 e. The Morgan fingerprint density at radius 3 is 2.28 bits per heavy atom. The molecule has 1 rings (SSSR count). The Morgan fingerprint density at radius 2 is 1.83 bits per heavy atom. The highest BCUT2D eigenvalue weighted by molar-refractivity contribution is 5.33. The Bertz CT molecular complexity index is 391. The van der Waals surface area contributed by atoms with E-state index in [1.54, 1.807) is 6.92 Å². The number of hydrogen-bond acceptors (Lipinski definition) is 4. The van der Waals surface area contributed by atoms with Crippen molar-refractivity contribution in [1.29, 1.82) is 0 Å². The standard InChI is InChI=1S/C14H24N2O2/c1-9-6-10(2)15-11(3)13(9)12(4)16-14(5,7-17)8-18/h6,12,16-18H,7-8H2,1-5H3. The topological polar surface area (TPSA) is 65.4 Å². The van der Waals surface area contributed by atoms with Gasteiger partial charge in [0.25, 0.3) is 0 Å². The molecule has 0 spiro atoms. The number of aliphatic hydroxyl groups is 2. The Balaban J connectivity index is 3.01. The summed E-state index contributed by atoms with van der Waals surface area (Å²) in [5.74, 6) is 0. The first-order chi connectivity index (χ1) is 8.33. The smallest absolute Gasteiger partial charge is 0.0633 e. The van der Waals surface area contributed by atoms with Gasteiger partial charge in [0.05, 0.1) is 18.8 Å². The van der Waals surface area contributed by atoms with E-state index in [-0.39, 0.29) is 19.3 Å². The number of aryl methyl sites for hydroxylation is 3. The van der Waals surface area contributed by atoms with Crippen molar-refractivity contribution in [2.24, 2.45) is 0 Å². The van der Waals surface area contributed by atoms with Gasteiger partial charge in [0, 0.05) is 17.4 Å². The molecule has 0 bridgehead atoms. The lowest BCUT2D eigenvalue weighted by Crippen LogP contribution is -2.50. The minimum atomic E-state index is -0.677. The molecule has 102 valence electrons. The molecule has 4 nitrogen and oxygen atoms in total. The molecule has 1 aromatic heterocycles. The van der Waals surface area contributed by atoms with E-state index in [9.17, 15) is 10.2 Å².